The van der Waals surface area contributed by atoms with Gasteiger partial charge < -0.3 is 19.9 Å². The normalized spacial score (nSPS) is 10.6. The molecular weight excluding hydrogens is 346 g/mol. The van der Waals surface area contributed by atoms with Crippen molar-refractivity contribution in [3.63, 3.8) is 0 Å². The summed E-state index contributed by atoms with van der Waals surface area (Å²) in [5.41, 5.74) is 1.82. The summed E-state index contributed by atoms with van der Waals surface area (Å²) >= 11 is 0. The van der Waals surface area contributed by atoms with Crippen molar-refractivity contribution in [1.29, 1.82) is 0 Å². The monoisotopic (exact) mass is 369 g/mol. The molecule has 0 aliphatic carbocycles. The first-order chi connectivity index (χ1) is 13.1. The first kappa shape index (κ1) is 20.0. The van der Waals surface area contributed by atoms with Crippen LogP contribution in [-0.2, 0) is 11.3 Å². The van der Waals surface area contributed by atoms with E-state index in [1.807, 2.05) is 30.3 Å². The van der Waals surface area contributed by atoms with Crippen molar-refractivity contribution in [2.24, 2.45) is 0 Å². The third-order valence-electron chi connectivity index (χ3n) is 3.65. The second kappa shape index (κ2) is 10.7. The standard InChI is InChI=1S/C21H23NO5/c1-2-26-19-13-17(14-23)12-18(20(19)24)10-6-7-11-22-21(25)27-15-16-8-4-3-5-9-16/h3-6,8-10,12-14,24H,2,7,11,15H2,1H3,(H,22,25). The quantitative estimate of drug-likeness (QED) is 0.517. The molecule has 0 saturated heterocycles. The molecule has 27 heavy (non-hydrogen) atoms. The Morgan fingerprint density at radius 3 is 2.70 bits per heavy atom. The topological polar surface area (TPSA) is 84.9 Å². The zero-order valence-electron chi connectivity index (χ0n) is 15.2. The molecule has 6 nitrogen and oxygen atoms in total. The maximum absolute atomic E-state index is 11.7. The van der Waals surface area contributed by atoms with Crippen LogP contribution in [0.15, 0.2) is 48.5 Å². The molecule has 0 unspecified atom stereocenters. The van der Waals surface area contributed by atoms with Crippen LogP contribution in [0, 0.1) is 0 Å². The number of hydrogen-bond donors (Lipinski definition) is 2. The van der Waals surface area contributed by atoms with E-state index in [0.717, 1.165) is 5.56 Å². The second-order valence-corrected chi connectivity index (χ2v) is 5.69. The van der Waals surface area contributed by atoms with Gasteiger partial charge in [0.15, 0.2) is 11.5 Å². The fourth-order valence-electron chi connectivity index (χ4n) is 2.35. The number of carbonyl (C=O) groups excluding carboxylic acids is 2. The molecule has 0 aromatic heterocycles. The number of alkyl carbamates (subject to hydrolysis) is 1. The molecule has 0 saturated carbocycles. The summed E-state index contributed by atoms with van der Waals surface area (Å²) < 4.78 is 10.4. The lowest BCUT2D eigenvalue weighted by Crippen LogP contribution is -2.24. The Hall–Kier alpha value is -3.28. The first-order valence-corrected chi connectivity index (χ1v) is 8.70. The van der Waals surface area contributed by atoms with Gasteiger partial charge >= 0.3 is 6.09 Å². The molecule has 0 spiro atoms. The highest BCUT2D eigenvalue weighted by Gasteiger charge is 2.09. The van der Waals surface area contributed by atoms with E-state index in [0.29, 0.717) is 37.0 Å². The highest BCUT2D eigenvalue weighted by atomic mass is 16.5. The van der Waals surface area contributed by atoms with Crippen molar-refractivity contribution < 1.29 is 24.2 Å². The number of benzene rings is 2. The van der Waals surface area contributed by atoms with Crippen molar-refractivity contribution in [3.8, 4) is 11.5 Å². The summed E-state index contributed by atoms with van der Waals surface area (Å²) in [6.45, 7) is 2.78. The van der Waals surface area contributed by atoms with Gasteiger partial charge in [0, 0.05) is 17.7 Å². The molecule has 2 N–H and O–H groups in total. The molecule has 0 aliphatic heterocycles. The van der Waals surface area contributed by atoms with E-state index < -0.39 is 6.09 Å². The number of carbonyl (C=O) groups is 2. The average Bonchev–Trinajstić information content (AvgIpc) is 2.69. The van der Waals surface area contributed by atoms with Crippen LogP contribution >= 0.6 is 0 Å². The molecule has 2 aromatic rings. The fraction of sp³-hybridized carbons (Fsp3) is 0.238. The van der Waals surface area contributed by atoms with Gasteiger partial charge in [0.05, 0.1) is 6.61 Å². The number of rotatable bonds is 9. The lowest BCUT2D eigenvalue weighted by Gasteiger charge is -2.09. The SMILES string of the molecule is CCOc1cc(C=O)cc(C=CCCNC(=O)OCc2ccccc2)c1O. The number of amides is 1. The molecule has 0 atom stereocenters. The molecule has 0 heterocycles. The third kappa shape index (κ3) is 6.51. The maximum atomic E-state index is 11.7. The van der Waals surface area contributed by atoms with Gasteiger partial charge in [0.1, 0.15) is 12.9 Å². The van der Waals surface area contributed by atoms with Crippen LogP contribution < -0.4 is 10.1 Å². The maximum Gasteiger partial charge on any atom is 0.407 e. The van der Waals surface area contributed by atoms with Crippen molar-refractivity contribution >= 4 is 18.5 Å². The molecule has 2 aromatic carbocycles. The minimum atomic E-state index is -0.489. The van der Waals surface area contributed by atoms with Gasteiger partial charge in [-0.2, -0.15) is 0 Å². The van der Waals surface area contributed by atoms with Crippen molar-refractivity contribution in [2.45, 2.75) is 20.0 Å². The van der Waals surface area contributed by atoms with E-state index in [-0.39, 0.29) is 18.1 Å². The number of aromatic hydroxyl groups is 1. The Morgan fingerprint density at radius 2 is 2.00 bits per heavy atom. The third-order valence-corrected chi connectivity index (χ3v) is 3.65. The van der Waals surface area contributed by atoms with Gasteiger partial charge in [-0.1, -0.05) is 42.5 Å². The van der Waals surface area contributed by atoms with E-state index in [1.165, 1.54) is 6.07 Å². The Bertz CT molecular complexity index is 787. The Kier molecular flexibility index (Phi) is 7.91. The van der Waals surface area contributed by atoms with Crippen molar-refractivity contribution in [2.75, 3.05) is 13.2 Å². The average molecular weight is 369 g/mol. The number of hydrogen-bond acceptors (Lipinski definition) is 5. The molecule has 0 bridgehead atoms. The molecule has 1 amide bonds. The molecular formula is C21H23NO5. The zero-order chi connectivity index (χ0) is 19.5. The summed E-state index contributed by atoms with van der Waals surface area (Å²) in [5.74, 6) is 0.248. The summed E-state index contributed by atoms with van der Waals surface area (Å²) in [4.78, 5) is 22.7. The van der Waals surface area contributed by atoms with Crippen LogP contribution in [0.5, 0.6) is 11.5 Å². The summed E-state index contributed by atoms with van der Waals surface area (Å²) in [6.07, 6.45) is 4.22. The van der Waals surface area contributed by atoms with Crippen LogP contribution in [0.25, 0.3) is 6.08 Å². The fourth-order valence-corrected chi connectivity index (χ4v) is 2.35. The van der Waals surface area contributed by atoms with Gasteiger partial charge in [-0.25, -0.2) is 4.79 Å². The number of phenolic OH excluding ortho intramolecular Hbond substituents is 1. The molecule has 2 rings (SSSR count). The van der Waals surface area contributed by atoms with Crippen LogP contribution in [0.1, 0.15) is 34.8 Å². The van der Waals surface area contributed by atoms with Gasteiger partial charge in [-0.05, 0) is 31.0 Å². The predicted octanol–water partition coefficient (Wildman–Crippen LogP) is 3.93. The highest BCUT2D eigenvalue weighted by Crippen LogP contribution is 2.32. The Morgan fingerprint density at radius 1 is 1.22 bits per heavy atom. The number of ether oxygens (including phenoxy) is 2. The number of nitrogens with one attached hydrogen (secondary N) is 1. The van der Waals surface area contributed by atoms with Crippen molar-refractivity contribution in [1.82, 2.24) is 5.32 Å². The van der Waals surface area contributed by atoms with E-state index >= 15 is 0 Å². The van der Waals surface area contributed by atoms with E-state index in [1.54, 1.807) is 25.1 Å². The van der Waals surface area contributed by atoms with Crippen LogP contribution in [-0.4, -0.2) is 30.6 Å². The van der Waals surface area contributed by atoms with Gasteiger partial charge in [-0.15, -0.1) is 0 Å². The minimum absolute atomic E-state index is 0.0195. The molecule has 0 fully saturated rings. The van der Waals surface area contributed by atoms with E-state index in [4.69, 9.17) is 9.47 Å². The Labute approximate surface area is 158 Å². The van der Waals surface area contributed by atoms with Crippen LogP contribution in [0.4, 0.5) is 4.79 Å². The zero-order valence-corrected chi connectivity index (χ0v) is 15.2. The number of phenols is 1. The highest BCUT2D eigenvalue weighted by molar-refractivity contribution is 5.79. The summed E-state index contributed by atoms with van der Waals surface area (Å²) in [5, 5.41) is 12.8. The molecule has 0 radical (unpaired) electrons. The largest absolute Gasteiger partial charge is 0.504 e. The smallest absolute Gasteiger partial charge is 0.407 e. The predicted molar refractivity (Wildman–Crippen MR) is 103 cm³/mol. The Balaban J connectivity index is 1.81. The summed E-state index contributed by atoms with van der Waals surface area (Å²) in [7, 11) is 0. The lowest BCUT2D eigenvalue weighted by atomic mass is 10.1. The molecule has 142 valence electrons. The van der Waals surface area contributed by atoms with Crippen molar-refractivity contribution in [3.05, 3.63) is 65.2 Å². The van der Waals surface area contributed by atoms with Crippen LogP contribution in [0.3, 0.4) is 0 Å². The summed E-state index contributed by atoms with van der Waals surface area (Å²) in [6, 6.07) is 12.5. The van der Waals surface area contributed by atoms with E-state index in [9.17, 15) is 14.7 Å². The van der Waals surface area contributed by atoms with Gasteiger partial charge in [0.2, 0.25) is 0 Å². The first-order valence-electron chi connectivity index (χ1n) is 8.70. The molecule has 6 heteroatoms. The minimum Gasteiger partial charge on any atom is -0.504 e. The van der Waals surface area contributed by atoms with Crippen LogP contribution in [0.2, 0.25) is 0 Å². The molecule has 0 aliphatic rings. The lowest BCUT2D eigenvalue weighted by molar-refractivity contribution is 0.112. The van der Waals surface area contributed by atoms with E-state index in [2.05, 4.69) is 5.32 Å². The van der Waals surface area contributed by atoms with Gasteiger partial charge in [-0.3, -0.25) is 4.79 Å². The second-order valence-electron chi connectivity index (χ2n) is 5.69. The number of aldehydes is 1. The van der Waals surface area contributed by atoms with Gasteiger partial charge in [0.25, 0.3) is 0 Å².